The van der Waals surface area contributed by atoms with Gasteiger partial charge in [-0.25, -0.2) is 4.99 Å². The van der Waals surface area contributed by atoms with E-state index in [1.165, 1.54) is 0 Å². The van der Waals surface area contributed by atoms with Crippen LogP contribution >= 0.6 is 0 Å². The standard InChI is InChI=1S/C14H22N6O2/c1-4-20-11-9(16-12(20)14(2,3)21)10(17-13(15)18-11)19-5-7-22-8-6-19/h4,9,11,21H,1,5-8H2,2-3H3,(H2,15,18). The first kappa shape index (κ1) is 15.0. The van der Waals surface area contributed by atoms with Gasteiger partial charge in [0.05, 0.1) is 13.2 Å². The molecule has 8 nitrogen and oxygen atoms in total. The third-order valence-corrected chi connectivity index (χ3v) is 3.91. The van der Waals surface area contributed by atoms with Gasteiger partial charge in [0.15, 0.2) is 12.2 Å². The summed E-state index contributed by atoms with van der Waals surface area (Å²) in [6.45, 7) is 10.00. The van der Waals surface area contributed by atoms with Crippen LogP contribution in [0.25, 0.3) is 0 Å². The van der Waals surface area contributed by atoms with Crippen LogP contribution in [-0.2, 0) is 4.74 Å². The summed E-state index contributed by atoms with van der Waals surface area (Å²) in [5.74, 6) is 1.53. The molecule has 0 bridgehead atoms. The predicted molar refractivity (Wildman–Crippen MR) is 84.8 cm³/mol. The zero-order valence-electron chi connectivity index (χ0n) is 12.9. The van der Waals surface area contributed by atoms with Crippen molar-refractivity contribution in [2.75, 3.05) is 26.3 Å². The fourth-order valence-corrected chi connectivity index (χ4v) is 2.93. The zero-order valence-corrected chi connectivity index (χ0v) is 12.9. The molecule has 1 fully saturated rings. The molecule has 2 unspecified atom stereocenters. The Labute approximate surface area is 129 Å². The molecule has 120 valence electrons. The molecule has 3 aliphatic heterocycles. The molecule has 3 N–H and O–H groups in total. The molecule has 0 saturated carbocycles. The number of nitrogens with two attached hydrogens (primary N) is 1. The van der Waals surface area contributed by atoms with Crippen LogP contribution in [0.15, 0.2) is 27.8 Å². The normalized spacial score (nSPS) is 28.8. The van der Waals surface area contributed by atoms with Crippen molar-refractivity contribution >= 4 is 17.6 Å². The highest BCUT2D eigenvalue weighted by Crippen LogP contribution is 2.29. The van der Waals surface area contributed by atoms with Crippen LogP contribution in [-0.4, -0.2) is 76.6 Å². The molecule has 1 saturated heterocycles. The van der Waals surface area contributed by atoms with Crippen LogP contribution in [0.4, 0.5) is 0 Å². The van der Waals surface area contributed by atoms with Crippen LogP contribution < -0.4 is 5.73 Å². The lowest BCUT2D eigenvalue weighted by Crippen LogP contribution is -2.52. The second-order valence-corrected chi connectivity index (χ2v) is 6.02. The van der Waals surface area contributed by atoms with Crippen LogP contribution in [0.5, 0.6) is 0 Å². The van der Waals surface area contributed by atoms with Crippen LogP contribution in [0.3, 0.4) is 0 Å². The minimum Gasteiger partial charge on any atom is -0.383 e. The molecule has 0 spiro atoms. The van der Waals surface area contributed by atoms with E-state index in [9.17, 15) is 5.11 Å². The van der Waals surface area contributed by atoms with Crippen molar-refractivity contribution in [3.8, 4) is 0 Å². The molecule has 3 heterocycles. The van der Waals surface area contributed by atoms with Gasteiger partial charge in [-0.05, 0) is 13.8 Å². The number of nitrogens with zero attached hydrogens (tertiary/aromatic N) is 5. The Morgan fingerprint density at radius 2 is 2.05 bits per heavy atom. The van der Waals surface area contributed by atoms with E-state index in [4.69, 9.17) is 10.5 Å². The maximum absolute atomic E-state index is 10.4. The van der Waals surface area contributed by atoms with E-state index in [1.54, 1.807) is 24.9 Å². The summed E-state index contributed by atoms with van der Waals surface area (Å²) in [7, 11) is 0. The van der Waals surface area contributed by atoms with Crippen molar-refractivity contribution in [3.05, 3.63) is 12.8 Å². The van der Waals surface area contributed by atoms with E-state index < -0.39 is 5.60 Å². The molecule has 22 heavy (non-hydrogen) atoms. The van der Waals surface area contributed by atoms with Crippen molar-refractivity contribution in [1.82, 2.24) is 9.80 Å². The van der Waals surface area contributed by atoms with Crippen molar-refractivity contribution in [2.45, 2.75) is 31.7 Å². The smallest absolute Gasteiger partial charge is 0.219 e. The Morgan fingerprint density at radius 1 is 1.36 bits per heavy atom. The van der Waals surface area contributed by atoms with Crippen LogP contribution in [0.1, 0.15) is 13.8 Å². The largest absolute Gasteiger partial charge is 0.383 e. The van der Waals surface area contributed by atoms with Gasteiger partial charge in [0.2, 0.25) is 5.96 Å². The van der Waals surface area contributed by atoms with Gasteiger partial charge in [-0.2, -0.15) is 4.99 Å². The molecular weight excluding hydrogens is 284 g/mol. The van der Waals surface area contributed by atoms with Crippen LogP contribution in [0.2, 0.25) is 0 Å². The summed E-state index contributed by atoms with van der Waals surface area (Å²) in [6.07, 6.45) is 1.29. The number of aliphatic imine (C=N–C) groups is 3. The molecule has 8 heteroatoms. The highest BCUT2D eigenvalue weighted by atomic mass is 16.5. The molecule has 0 amide bonds. The maximum atomic E-state index is 10.4. The number of guanidine groups is 1. The third kappa shape index (κ3) is 2.48. The Balaban J connectivity index is 1.97. The van der Waals surface area contributed by atoms with Crippen molar-refractivity contribution in [2.24, 2.45) is 20.7 Å². The minimum atomic E-state index is -1.09. The fraction of sp³-hybridized carbons (Fsp3) is 0.643. The zero-order chi connectivity index (χ0) is 15.9. The van der Waals surface area contributed by atoms with Gasteiger partial charge in [-0.15, -0.1) is 0 Å². The molecule has 3 rings (SSSR count). The lowest BCUT2D eigenvalue weighted by molar-refractivity contribution is 0.0663. The number of hydrogen-bond acceptors (Lipinski definition) is 8. The SMILES string of the molecule is C=CN1C(C(C)(C)O)=NC2C(N3CCOCC3)=NC(N)=NC21. The van der Waals surface area contributed by atoms with Crippen molar-refractivity contribution in [3.63, 3.8) is 0 Å². The van der Waals surface area contributed by atoms with E-state index in [0.717, 1.165) is 18.9 Å². The number of fused-ring (bicyclic) bond motifs is 1. The van der Waals surface area contributed by atoms with Gasteiger partial charge in [-0.3, -0.25) is 4.99 Å². The summed E-state index contributed by atoms with van der Waals surface area (Å²) in [5.41, 5.74) is 4.80. The Hall–Kier alpha value is -1.93. The number of morpholine rings is 1. The van der Waals surface area contributed by atoms with Crippen LogP contribution in [0, 0.1) is 0 Å². The van der Waals surface area contributed by atoms with E-state index in [0.29, 0.717) is 19.0 Å². The molecule has 3 aliphatic rings. The summed E-state index contributed by atoms with van der Waals surface area (Å²) in [6, 6.07) is -0.287. The topological polar surface area (TPSA) is 99.0 Å². The second-order valence-electron chi connectivity index (χ2n) is 6.02. The molecule has 0 aromatic heterocycles. The molecule has 2 atom stereocenters. The summed E-state index contributed by atoms with van der Waals surface area (Å²) < 4.78 is 5.39. The summed E-state index contributed by atoms with van der Waals surface area (Å²) in [5, 5.41) is 10.4. The lowest BCUT2D eigenvalue weighted by Gasteiger charge is -2.35. The monoisotopic (exact) mass is 306 g/mol. The second kappa shape index (κ2) is 5.36. The maximum Gasteiger partial charge on any atom is 0.219 e. The predicted octanol–water partition coefficient (Wildman–Crippen LogP) is -0.631. The summed E-state index contributed by atoms with van der Waals surface area (Å²) >= 11 is 0. The first-order valence-corrected chi connectivity index (χ1v) is 7.38. The highest BCUT2D eigenvalue weighted by Gasteiger charge is 2.45. The molecule has 0 aromatic rings. The van der Waals surface area contributed by atoms with E-state index in [1.807, 2.05) is 0 Å². The quantitative estimate of drug-likeness (QED) is 0.707. The fourth-order valence-electron chi connectivity index (χ4n) is 2.93. The molecule has 0 aromatic carbocycles. The van der Waals surface area contributed by atoms with Gasteiger partial charge in [0.25, 0.3) is 0 Å². The number of rotatable bonds is 2. The van der Waals surface area contributed by atoms with Gasteiger partial charge >= 0.3 is 0 Å². The first-order valence-electron chi connectivity index (χ1n) is 7.38. The Bertz CT molecular complexity index is 556. The van der Waals surface area contributed by atoms with E-state index in [2.05, 4.69) is 26.5 Å². The highest BCUT2D eigenvalue weighted by molar-refractivity contribution is 6.05. The molecule has 0 radical (unpaired) electrons. The summed E-state index contributed by atoms with van der Waals surface area (Å²) in [4.78, 5) is 17.3. The van der Waals surface area contributed by atoms with Gasteiger partial charge < -0.3 is 25.4 Å². The Kier molecular flexibility index (Phi) is 3.65. The van der Waals surface area contributed by atoms with E-state index in [-0.39, 0.29) is 18.2 Å². The van der Waals surface area contributed by atoms with Gasteiger partial charge in [0.1, 0.15) is 17.3 Å². The number of hydrogen-bond donors (Lipinski definition) is 2. The average molecular weight is 306 g/mol. The van der Waals surface area contributed by atoms with Crippen molar-refractivity contribution in [1.29, 1.82) is 0 Å². The molecular formula is C14H22N6O2. The molecule has 0 aliphatic carbocycles. The lowest BCUT2D eigenvalue weighted by atomic mass is 10.1. The number of amidine groups is 2. The minimum absolute atomic E-state index is 0.224. The van der Waals surface area contributed by atoms with Crippen molar-refractivity contribution < 1.29 is 9.84 Å². The average Bonchev–Trinajstić information content (AvgIpc) is 2.85. The number of ether oxygens (including phenoxy) is 1. The third-order valence-electron chi connectivity index (χ3n) is 3.91. The first-order chi connectivity index (χ1) is 10.4. The van der Waals surface area contributed by atoms with E-state index >= 15 is 0 Å². The van der Waals surface area contributed by atoms with Gasteiger partial charge in [0, 0.05) is 19.3 Å². The number of aliphatic hydroxyl groups is 1. The Morgan fingerprint density at radius 3 is 2.64 bits per heavy atom. The van der Waals surface area contributed by atoms with Gasteiger partial charge in [-0.1, -0.05) is 6.58 Å².